The van der Waals surface area contributed by atoms with E-state index in [-0.39, 0.29) is 31.0 Å². The highest BCUT2D eigenvalue weighted by atomic mass is 16.5. The van der Waals surface area contributed by atoms with Crippen LogP contribution >= 0.6 is 0 Å². The Bertz CT molecular complexity index is 972. The van der Waals surface area contributed by atoms with E-state index in [1.54, 1.807) is 4.80 Å². The predicted molar refractivity (Wildman–Crippen MR) is 110 cm³/mol. The molecule has 3 rings (SSSR count). The number of fused-ring (bicyclic) bond motifs is 1. The molecular weight excluding hydrogens is 370 g/mol. The minimum absolute atomic E-state index is 0.0956. The lowest BCUT2D eigenvalue weighted by atomic mass is 9.84. The average molecular weight is 397 g/mol. The highest BCUT2D eigenvalue weighted by Gasteiger charge is 2.25. The summed E-state index contributed by atoms with van der Waals surface area (Å²) < 4.78 is 10.7. The zero-order valence-corrected chi connectivity index (χ0v) is 17.3. The van der Waals surface area contributed by atoms with Crippen LogP contribution in [0, 0.1) is 0 Å². The number of ether oxygens (including phenoxy) is 2. The number of aliphatic hydroxyl groups excluding tert-OH is 1. The lowest BCUT2D eigenvalue weighted by molar-refractivity contribution is -0.140. The number of hydrogen-bond acceptors (Lipinski definition) is 6. The largest absolute Gasteiger partial charge is 0.489 e. The van der Waals surface area contributed by atoms with Gasteiger partial charge in [-0.1, -0.05) is 39.0 Å². The molecule has 0 atom stereocenters. The van der Waals surface area contributed by atoms with Crippen LogP contribution in [0.25, 0.3) is 16.7 Å². The maximum absolute atomic E-state index is 11.6. The summed E-state index contributed by atoms with van der Waals surface area (Å²) in [6.45, 7) is 6.35. The average Bonchev–Trinajstić information content (AvgIpc) is 3.13. The zero-order valence-electron chi connectivity index (χ0n) is 17.3. The van der Waals surface area contributed by atoms with Crippen LogP contribution in [-0.4, -0.2) is 46.4 Å². The summed E-state index contributed by atoms with van der Waals surface area (Å²) in [5.74, 6) is 0.376. The molecule has 3 aromatic rings. The smallest absolute Gasteiger partial charge is 0.305 e. The van der Waals surface area contributed by atoms with E-state index in [2.05, 4.69) is 31.0 Å². The monoisotopic (exact) mass is 397 g/mol. The highest BCUT2D eigenvalue weighted by Crippen LogP contribution is 2.37. The number of aryl methyl sites for hydroxylation is 1. The molecule has 0 amide bonds. The van der Waals surface area contributed by atoms with Crippen LogP contribution in [0.5, 0.6) is 5.75 Å². The van der Waals surface area contributed by atoms with Crippen molar-refractivity contribution in [3.63, 3.8) is 0 Å². The summed E-state index contributed by atoms with van der Waals surface area (Å²) in [4.78, 5) is 13.2. The van der Waals surface area contributed by atoms with E-state index in [1.165, 1.54) is 7.11 Å². The Balaban J connectivity index is 2.17. The van der Waals surface area contributed by atoms with E-state index < -0.39 is 0 Å². The molecule has 154 valence electrons. The van der Waals surface area contributed by atoms with E-state index in [1.807, 2.05) is 36.4 Å². The molecule has 0 aliphatic rings. The number of esters is 1. The van der Waals surface area contributed by atoms with Crippen molar-refractivity contribution < 1.29 is 19.4 Å². The minimum atomic E-state index is -0.257. The summed E-state index contributed by atoms with van der Waals surface area (Å²) >= 11 is 0. The Morgan fingerprint density at radius 1 is 1.14 bits per heavy atom. The van der Waals surface area contributed by atoms with Gasteiger partial charge in [-0.05, 0) is 35.6 Å². The van der Waals surface area contributed by atoms with Gasteiger partial charge >= 0.3 is 5.97 Å². The molecule has 0 saturated carbocycles. The molecule has 0 radical (unpaired) electrons. The van der Waals surface area contributed by atoms with Gasteiger partial charge in [0.2, 0.25) is 0 Å². The van der Waals surface area contributed by atoms with Crippen LogP contribution in [0.4, 0.5) is 0 Å². The Labute approximate surface area is 170 Å². The fraction of sp³-hybridized carbons (Fsp3) is 0.409. The van der Waals surface area contributed by atoms with Crippen molar-refractivity contribution in [2.24, 2.45) is 0 Å². The quantitative estimate of drug-likeness (QED) is 0.616. The van der Waals surface area contributed by atoms with E-state index in [0.29, 0.717) is 17.9 Å². The second-order valence-corrected chi connectivity index (χ2v) is 7.87. The van der Waals surface area contributed by atoms with Gasteiger partial charge in [0.05, 0.1) is 13.7 Å². The number of methoxy groups -OCH3 is 1. The first-order chi connectivity index (χ1) is 13.8. The van der Waals surface area contributed by atoms with Crippen LogP contribution in [0.2, 0.25) is 0 Å². The van der Waals surface area contributed by atoms with Crippen molar-refractivity contribution in [1.29, 1.82) is 0 Å². The van der Waals surface area contributed by atoms with Crippen molar-refractivity contribution in [1.82, 2.24) is 15.0 Å². The van der Waals surface area contributed by atoms with Crippen LogP contribution in [0.1, 0.15) is 38.3 Å². The molecule has 0 fully saturated rings. The third-order valence-corrected chi connectivity index (χ3v) is 4.62. The maximum atomic E-state index is 11.6. The molecule has 2 aromatic carbocycles. The number of aliphatic hydroxyl groups is 1. The molecule has 7 nitrogen and oxygen atoms in total. The normalized spacial score (nSPS) is 11.6. The standard InChI is InChI=1S/C22H27N3O4/c1-22(2,3)16-13-15(9-10-20(27)28-4)14-19(21(16)29-12-11-26)25-23-17-7-5-6-8-18(17)24-25/h5-8,13-14,26H,9-12H2,1-4H3. The van der Waals surface area contributed by atoms with Crippen LogP contribution in [0.3, 0.4) is 0 Å². The lowest BCUT2D eigenvalue weighted by Crippen LogP contribution is -2.18. The Kier molecular flexibility index (Phi) is 6.17. The van der Waals surface area contributed by atoms with Crippen molar-refractivity contribution in [3.8, 4) is 11.4 Å². The first-order valence-corrected chi connectivity index (χ1v) is 9.64. The molecule has 0 unspecified atom stereocenters. The maximum Gasteiger partial charge on any atom is 0.305 e. The molecule has 0 spiro atoms. The SMILES string of the molecule is COC(=O)CCc1cc(-n2nc3ccccc3n2)c(OCCO)c(C(C)(C)C)c1. The molecule has 0 aliphatic heterocycles. The van der Waals surface area contributed by atoms with E-state index >= 15 is 0 Å². The molecular formula is C22H27N3O4. The minimum Gasteiger partial charge on any atom is -0.489 e. The fourth-order valence-corrected chi connectivity index (χ4v) is 3.14. The van der Waals surface area contributed by atoms with Gasteiger partial charge in [-0.2, -0.15) is 0 Å². The first kappa shape index (κ1) is 20.8. The third kappa shape index (κ3) is 4.74. The summed E-state index contributed by atoms with van der Waals surface area (Å²) in [5.41, 5.74) is 3.93. The number of carbonyl (C=O) groups is 1. The fourth-order valence-electron chi connectivity index (χ4n) is 3.14. The van der Waals surface area contributed by atoms with Crippen molar-refractivity contribution in [3.05, 3.63) is 47.5 Å². The van der Waals surface area contributed by atoms with Gasteiger partial charge in [0.25, 0.3) is 0 Å². The van der Waals surface area contributed by atoms with E-state index in [0.717, 1.165) is 22.2 Å². The predicted octanol–water partition coefficient (Wildman–Crippen LogP) is 3.19. The van der Waals surface area contributed by atoms with Crippen LogP contribution in [0.15, 0.2) is 36.4 Å². The van der Waals surface area contributed by atoms with Gasteiger partial charge in [-0.15, -0.1) is 15.0 Å². The third-order valence-electron chi connectivity index (χ3n) is 4.62. The number of aromatic nitrogens is 3. The van der Waals surface area contributed by atoms with Crippen molar-refractivity contribution >= 4 is 17.0 Å². The Morgan fingerprint density at radius 2 is 1.79 bits per heavy atom. The number of carbonyl (C=O) groups excluding carboxylic acids is 1. The summed E-state index contributed by atoms with van der Waals surface area (Å²) in [7, 11) is 1.39. The zero-order chi connectivity index (χ0) is 21.0. The van der Waals surface area contributed by atoms with Crippen molar-refractivity contribution in [2.75, 3.05) is 20.3 Å². The van der Waals surface area contributed by atoms with Crippen LogP contribution < -0.4 is 4.74 Å². The molecule has 29 heavy (non-hydrogen) atoms. The second kappa shape index (κ2) is 8.61. The molecule has 1 heterocycles. The molecule has 0 bridgehead atoms. The van der Waals surface area contributed by atoms with Gasteiger partial charge in [-0.25, -0.2) is 0 Å². The number of rotatable bonds is 7. The molecule has 0 aliphatic carbocycles. The topological polar surface area (TPSA) is 86.5 Å². The Hall–Kier alpha value is -2.93. The second-order valence-electron chi connectivity index (χ2n) is 7.87. The van der Waals surface area contributed by atoms with Gasteiger partial charge in [-0.3, -0.25) is 4.79 Å². The number of nitrogens with zero attached hydrogens (tertiary/aromatic N) is 3. The molecule has 7 heteroatoms. The Morgan fingerprint density at radius 3 is 2.34 bits per heavy atom. The lowest BCUT2D eigenvalue weighted by Gasteiger charge is -2.25. The van der Waals surface area contributed by atoms with Crippen molar-refractivity contribution in [2.45, 2.75) is 39.0 Å². The first-order valence-electron chi connectivity index (χ1n) is 9.64. The van der Waals surface area contributed by atoms with E-state index in [4.69, 9.17) is 9.47 Å². The molecule has 1 aromatic heterocycles. The summed E-state index contributed by atoms with van der Waals surface area (Å²) in [6.07, 6.45) is 0.814. The summed E-state index contributed by atoms with van der Waals surface area (Å²) in [5, 5.41) is 18.5. The van der Waals surface area contributed by atoms with Gasteiger partial charge < -0.3 is 14.6 Å². The van der Waals surface area contributed by atoms with Crippen LogP contribution in [-0.2, 0) is 21.4 Å². The van der Waals surface area contributed by atoms with Gasteiger partial charge in [0, 0.05) is 12.0 Å². The highest BCUT2D eigenvalue weighted by molar-refractivity contribution is 5.74. The molecule has 0 saturated heterocycles. The number of benzene rings is 2. The van der Waals surface area contributed by atoms with E-state index in [9.17, 15) is 9.90 Å². The number of hydrogen-bond donors (Lipinski definition) is 1. The van der Waals surface area contributed by atoms with Gasteiger partial charge in [0.15, 0.2) is 5.75 Å². The summed E-state index contributed by atoms with van der Waals surface area (Å²) in [6, 6.07) is 11.6. The van der Waals surface area contributed by atoms with Gasteiger partial charge in [0.1, 0.15) is 23.3 Å². The molecule has 1 N–H and O–H groups in total.